The molecule has 5 unspecified atom stereocenters. The van der Waals surface area contributed by atoms with Gasteiger partial charge in [-0.25, -0.2) is 9.13 Å². The highest BCUT2D eigenvalue weighted by Gasteiger charge is 2.29. The van der Waals surface area contributed by atoms with Crippen molar-refractivity contribution < 1.29 is 75.8 Å². The minimum absolute atomic E-state index is 0.0815. The van der Waals surface area contributed by atoms with Gasteiger partial charge >= 0.3 is 33.6 Å². The molecule has 0 aromatic rings. The van der Waals surface area contributed by atoms with Crippen molar-refractivity contribution in [2.75, 3.05) is 39.6 Å². The van der Waals surface area contributed by atoms with E-state index in [0.717, 1.165) is 128 Å². The highest BCUT2D eigenvalue weighted by Crippen LogP contribution is 2.45. The molecule has 0 aliphatic carbocycles. The maximum absolute atomic E-state index is 12.8. The van der Waals surface area contributed by atoms with Crippen LogP contribution in [0.2, 0.25) is 0 Å². The van der Waals surface area contributed by atoms with Gasteiger partial charge < -0.3 is 34.2 Å². The molecule has 0 spiro atoms. The molecule has 5 atom stereocenters. The summed E-state index contributed by atoms with van der Waals surface area (Å²) < 4.78 is 60.5. The number of carbonyl (C=O) groups excluding carboxylic acids is 3. The summed E-state index contributed by atoms with van der Waals surface area (Å²) in [6.07, 6.45) is 60.2. The van der Waals surface area contributed by atoms with E-state index in [-0.39, 0.29) is 19.3 Å². The molecule has 0 saturated heterocycles. The van der Waals surface area contributed by atoms with Gasteiger partial charge in [0, 0.05) is 19.3 Å². The lowest BCUT2D eigenvalue weighted by atomic mass is 10.1. The van der Waals surface area contributed by atoms with Gasteiger partial charge in [0.1, 0.15) is 25.4 Å². The van der Waals surface area contributed by atoms with Crippen LogP contribution in [0, 0.1) is 0 Å². The van der Waals surface area contributed by atoms with E-state index in [1.165, 1.54) is 19.3 Å². The van der Waals surface area contributed by atoms with Crippen molar-refractivity contribution >= 4 is 33.6 Å². The predicted octanol–water partition coefficient (Wildman–Crippen LogP) is 15.7. The van der Waals surface area contributed by atoms with Crippen molar-refractivity contribution in [1.82, 2.24) is 0 Å². The number of aliphatic hydroxyl groups is 2. The number of phosphoric ester groups is 2. The van der Waals surface area contributed by atoms with Crippen LogP contribution in [0.3, 0.4) is 0 Å². The normalized spacial score (nSPS) is 15.2. The van der Waals surface area contributed by atoms with E-state index in [9.17, 15) is 43.5 Å². The monoisotopic (exact) mass is 1180 g/mol. The number of aliphatic hydroxyl groups excluding tert-OH is 2. The van der Waals surface area contributed by atoms with Gasteiger partial charge in [0.25, 0.3) is 0 Å². The summed E-state index contributed by atoms with van der Waals surface area (Å²) in [4.78, 5) is 58.1. The highest BCUT2D eigenvalue weighted by atomic mass is 31.2. The zero-order chi connectivity index (χ0) is 59.6. The maximum atomic E-state index is 12.8. The van der Waals surface area contributed by atoms with Crippen LogP contribution in [-0.4, -0.2) is 95.9 Å². The zero-order valence-electron chi connectivity index (χ0n) is 49.7. The van der Waals surface area contributed by atoms with Crippen LogP contribution in [0.25, 0.3) is 0 Å². The molecule has 0 bridgehead atoms. The van der Waals surface area contributed by atoms with Crippen LogP contribution in [0.4, 0.5) is 0 Å². The summed E-state index contributed by atoms with van der Waals surface area (Å²) in [6, 6.07) is 0. The minimum Gasteiger partial charge on any atom is -0.463 e. The van der Waals surface area contributed by atoms with Crippen molar-refractivity contribution in [3.63, 3.8) is 0 Å². The Morgan fingerprint density at radius 3 is 1.14 bits per heavy atom. The molecular formula is C63H106O16P2. The highest BCUT2D eigenvalue weighted by molar-refractivity contribution is 7.47. The molecule has 464 valence electrons. The first-order chi connectivity index (χ1) is 39.2. The smallest absolute Gasteiger partial charge is 0.463 e. The lowest BCUT2D eigenvalue weighted by Crippen LogP contribution is -2.30. The molecule has 16 nitrogen and oxygen atoms in total. The molecule has 0 saturated carbocycles. The SMILES string of the molecule is CC/C=C\C/C=C\C/C=C\C/C=C\C/C=C\CCCC(=O)OCC(O)COP(=O)(O)OCC(O)COP(=O)(O)OCC(COC(=O)CCCCCCC/C=C\C/C=C\CCCCC)OC(=O)CCCCCCC/C=C\C/C=C\CCC. The Morgan fingerprint density at radius 1 is 0.358 bits per heavy atom. The molecule has 0 radical (unpaired) electrons. The zero-order valence-corrected chi connectivity index (χ0v) is 51.5. The Kier molecular flexibility index (Phi) is 54.0. The summed E-state index contributed by atoms with van der Waals surface area (Å²) in [5.74, 6) is -1.67. The molecular weight excluding hydrogens is 1070 g/mol. The number of carbonyl (C=O) groups is 3. The molecule has 0 heterocycles. The fourth-order valence-corrected chi connectivity index (χ4v) is 8.90. The van der Waals surface area contributed by atoms with Crippen LogP contribution in [0.5, 0.6) is 0 Å². The molecule has 0 rings (SSSR count). The van der Waals surface area contributed by atoms with Gasteiger partial charge in [-0.05, 0) is 116 Å². The number of allylic oxidation sites excluding steroid dienone is 18. The molecule has 4 N–H and O–H groups in total. The summed E-state index contributed by atoms with van der Waals surface area (Å²) in [5.41, 5.74) is 0. The fourth-order valence-electron chi connectivity index (χ4n) is 7.32. The van der Waals surface area contributed by atoms with Crippen LogP contribution < -0.4 is 0 Å². The van der Waals surface area contributed by atoms with E-state index >= 15 is 0 Å². The second-order valence-corrected chi connectivity index (χ2v) is 22.7. The Morgan fingerprint density at radius 2 is 0.691 bits per heavy atom. The minimum atomic E-state index is -4.93. The summed E-state index contributed by atoms with van der Waals surface area (Å²) in [6.45, 7) is 2.32. The molecule has 0 amide bonds. The molecule has 0 aromatic carbocycles. The third-order valence-corrected chi connectivity index (χ3v) is 13.8. The van der Waals surface area contributed by atoms with Crippen molar-refractivity contribution in [2.24, 2.45) is 0 Å². The summed E-state index contributed by atoms with van der Waals surface area (Å²) in [7, 11) is -9.79. The van der Waals surface area contributed by atoms with Gasteiger partial charge in [-0.3, -0.25) is 32.5 Å². The van der Waals surface area contributed by atoms with Crippen molar-refractivity contribution in [3.05, 3.63) is 109 Å². The number of ether oxygens (including phenoxy) is 3. The number of hydrogen-bond acceptors (Lipinski definition) is 14. The second kappa shape index (κ2) is 56.7. The third kappa shape index (κ3) is 57.8. The van der Waals surface area contributed by atoms with Crippen LogP contribution >= 0.6 is 15.6 Å². The topological polar surface area (TPSA) is 231 Å². The van der Waals surface area contributed by atoms with E-state index in [0.29, 0.717) is 25.7 Å². The first-order valence-corrected chi connectivity index (χ1v) is 33.2. The molecule has 0 aromatic heterocycles. The number of unbranched alkanes of at least 4 members (excludes halogenated alkanes) is 15. The van der Waals surface area contributed by atoms with Crippen molar-refractivity contribution in [2.45, 2.75) is 232 Å². The summed E-state index contributed by atoms with van der Waals surface area (Å²) in [5, 5.41) is 20.4. The van der Waals surface area contributed by atoms with E-state index in [4.69, 9.17) is 32.3 Å². The second-order valence-electron chi connectivity index (χ2n) is 19.8. The summed E-state index contributed by atoms with van der Waals surface area (Å²) >= 11 is 0. The first-order valence-electron chi connectivity index (χ1n) is 30.2. The van der Waals surface area contributed by atoms with E-state index in [1.54, 1.807) is 0 Å². The van der Waals surface area contributed by atoms with Gasteiger partial charge in [-0.1, -0.05) is 188 Å². The van der Waals surface area contributed by atoms with Crippen LogP contribution in [0.1, 0.15) is 213 Å². The standard InChI is InChI=1S/C63H106O16P2/c1-4-7-10-13-16-19-22-25-27-28-30-33-34-37-40-43-46-49-61(66)73-52-58(64)53-75-80(69,70)76-54-59(65)55-77-81(71,72)78-57-60(79-63(68)51-48-45-42-39-36-31-24-21-18-15-12-9-6-3)56-74-62(67)50-47-44-41-38-35-32-29-26-23-20-17-14-11-8-5-2/h7,10,12,15-17,19-21,24-27,29-30,33,37,40,58-60,64-65H,4-6,8-9,11,13-14,18,22-23,28,31-32,34-36,38-39,41-57H2,1-3H3,(H,69,70)(H,71,72)/b10-7-,15-12-,19-16-,20-17-,24-21-,27-25-,29-26-,33-30-,40-37-. The number of rotatable bonds is 56. The van der Waals surface area contributed by atoms with E-state index in [2.05, 4.69) is 118 Å². The average molecular weight is 1180 g/mol. The number of phosphoric acid groups is 2. The first kappa shape index (κ1) is 77.2. The molecule has 0 fully saturated rings. The molecule has 18 heteroatoms. The fraction of sp³-hybridized carbons (Fsp3) is 0.667. The predicted molar refractivity (Wildman–Crippen MR) is 325 cm³/mol. The van der Waals surface area contributed by atoms with E-state index in [1.807, 2.05) is 12.2 Å². The van der Waals surface area contributed by atoms with E-state index < -0.39 is 91.5 Å². The average Bonchev–Trinajstić information content (AvgIpc) is 3.44. The number of esters is 3. The molecule has 0 aliphatic heterocycles. The quantitative estimate of drug-likeness (QED) is 0.0146. The maximum Gasteiger partial charge on any atom is 0.472 e. The number of hydrogen-bond donors (Lipinski definition) is 4. The van der Waals surface area contributed by atoms with Gasteiger partial charge in [0.2, 0.25) is 0 Å². The third-order valence-electron chi connectivity index (χ3n) is 11.9. The lowest BCUT2D eigenvalue weighted by Gasteiger charge is -2.21. The Balaban J connectivity index is 4.76. The van der Waals surface area contributed by atoms with Gasteiger partial charge in [-0.2, -0.15) is 0 Å². The van der Waals surface area contributed by atoms with Crippen LogP contribution in [-0.2, 0) is 55.8 Å². The largest absolute Gasteiger partial charge is 0.472 e. The van der Waals surface area contributed by atoms with Gasteiger partial charge in [0.15, 0.2) is 6.10 Å². The Bertz CT molecular complexity index is 1920. The van der Waals surface area contributed by atoms with Crippen molar-refractivity contribution in [3.8, 4) is 0 Å². The van der Waals surface area contributed by atoms with Gasteiger partial charge in [-0.15, -0.1) is 0 Å². The molecule has 81 heavy (non-hydrogen) atoms. The molecule has 0 aliphatic rings. The van der Waals surface area contributed by atoms with Gasteiger partial charge in [0.05, 0.1) is 26.4 Å². The van der Waals surface area contributed by atoms with Crippen molar-refractivity contribution in [1.29, 1.82) is 0 Å². The van der Waals surface area contributed by atoms with Crippen LogP contribution in [0.15, 0.2) is 109 Å². The lowest BCUT2D eigenvalue weighted by molar-refractivity contribution is -0.161. The Hall–Kier alpha value is -3.79. The Labute approximate surface area is 488 Å².